The van der Waals surface area contributed by atoms with E-state index in [2.05, 4.69) is 17.2 Å². The van der Waals surface area contributed by atoms with Gasteiger partial charge in [0, 0.05) is 30.5 Å². The number of amides is 2. The van der Waals surface area contributed by atoms with E-state index < -0.39 is 10.0 Å². The Labute approximate surface area is 185 Å². The fourth-order valence-electron chi connectivity index (χ4n) is 2.88. The molecular formula is C22H23N3O4S2. The monoisotopic (exact) mass is 457 g/mol. The first-order valence-corrected chi connectivity index (χ1v) is 11.8. The van der Waals surface area contributed by atoms with Crippen molar-refractivity contribution in [1.82, 2.24) is 9.62 Å². The molecule has 0 bridgehead atoms. The van der Waals surface area contributed by atoms with Gasteiger partial charge in [-0.25, -0.2) is 12.7 Å². The topological polar surface area (TPSA) is 95.6 Å². The van der Waals surface area contributed by atoms with Crippen LogP contribution >= 0.6 is 11.3 Å². The third-order valence-electron chi connectivity index (χ3n) is 4.60. The van der Waals surface area contributed by atoms with E-state index >= 15 is 0 Å². The number of rotatable bonds is 9. The van der Waals surface area contributed by atoms with Gasteiger partial charge in [-0.05, 0) is 54.3 Å². The number of fused-ring (bicyclic) bond motifs is 1. The van der Waals surface area contributed by atoms with Crippen LogP contribution in [0.1, 0.15) is 16.1 Å². The highest BCUT2D eigenvalue weighted by molar-refractivity contribution is 7.89. The highest BCUT2D eigenvalue weighted by Gasteiger charge is 2.20. The molecule has 0 unspecified atom stereocenters. The fourth-order valence-corrected chi connectivity index (χ4v) is 5.05. The second kappa shape index (κ2) is 9.86. The largest absolute Gasteiger partial charge is 0.353 e. The molecule has 0 fully saturated rings. The SMILES string of the molecule is C=CC(=O)NCCCN(C)S(=O)(=O)c1ccc(NC(=O)c2cc3ccccc3s2)cc1. The number of carbonyl (C=O) groups is 2. The van der Waals surface area contributed by atoms with E-state index in [0.717, 1.165) is 10.1 Å². The summed E-state index contributed by atoms with van der Waals surface area (Å²) in [5.41, 5.74) is 0.510. The van der Waals surface area contributed by atoms with Gasteiger partial charge in [0.2, 0.25) is 15.9 Å². The summed E-state index contributed by atoms with van der Waals surface area (Å²) in [6.45, 7) is 3.97. The molecule has 0 aliphatic carbocycles. The zero-order chi connectivity index (χ0) is 22.4. The van der Waals surface area contributed by atoms with Crippen molar-refractivity contribution in [3.05, 3.63) is 72.1 Å². The van der Waals surface area contributed by atoms with Gasteiger partial charge in [0.05, 0.1) is 9.77 Å². The van der Waals surface area contributed by atoms with E-state index in [0.29, 0.717) is 23.5 Å². The van der Waals surface area contributed by atoms with Crippen LogP contribution < -0.4 is 10.6 Å². The lowest BCUT2D eigenvalue weighted by Crippen LogP contribution is -2.31. The molecule has 162 valence electrons. The third kappa shape index (κ3) is 5.57. The van der Waals surface area contributed by atoms with Crippen molar-refractivity contribution < 1.29 is 18.0 Å². The van der Waals surface area contributed by atoms with Gasteiger partial charge in [0.25, 0.3) is 5.91 Å². The Hall–Kier alpha value is -3.01. The Balaban J connectivity index is 1.61. The van der Waals surface area contributed by atoms with Crippen molar-refractivity contribution in [3.8, 4) is 0 Å². The summed E-state index contributed by atoms with van der Waals surface area (Å²) in [6, 6.07) is 15.6. The Kier molecular flexibility index (Phi) is 7.21. The summed E-state index contributed by atoms with van der Waals surface area (Å²) >= 11 is 1.40. The molecule has 0 aliphatic rings. The number of carbonyl (C=O) groups excluding carboxylic acids is 2. The highest BCUT2D eigenvalue weighted by atomic mass is 32.2. The molecule has 9 heteroatoms. The van der Waals surface area contributed by atoms with E-state index in [9.17, 15) is 18.0 Å². The molecule has 0 atom stereocenters. The molecule has 1 aromatic heterocycles. The number of thiophene rings is 1. The zero-order valence-electron chi connectivity index (χ0n) is 17.0. The Morgan fingerprint density at radius 2 is 1.84 bits per heavy atom. The molecule has 2 amide bonds. The van der Waals surface area contributed by atoms with Crippen LogP contribution in [0.15, 0.2) is 72.1 Å². The maximum atomic E-state index is 12.7. The Bertz CT molecular complexity index is 1170. The maximum absolute atomic E-state index is 12.7. The lowest BCUT2D eigenvalue weighted by atomic mass is 10.2. The summed E-state index contributed by atoms with van der Waals surface area (Å²) in [4.78, 5) is 24.4. The average molecular weight is 458 g/mol. The van der Waals surface area contributed by atoms with Crippen LogP contribution in [0.5, 0.6) is 0 Å². The smallest absolute Gasteiger partial charge is 0.265 e. The molecular weight excluding hydrogens is 434 g/mol. The van der Waals surface area contributed by atoms with Gasteiger partial charge in [-0.15, -0.1) is 11.3 Å². The number of nitrogens with one attached hydrogen (secondary N) is 2. The Morgan fingerprint density at radius 3 is 2.52 bits per heavy atom. The molecule has 3 rings (SSSR count). The normalized spacial score (nSPS) is 11.4. The van der Waals surface area contributed by atoms with Crippen LogP contribution in [0, 0.1) is 0 Å². The van der Waals surface area contributed by atoms with Crippen molar-refractivity contribution in [2.24, 2.45) is 0 Å². The van der Waals surface area contributed by atoms with Crippen molar-refractivity contribution in [1.29, 1.82) is 0 Å². The van der Waals surface area contributed by atoms with Crippen LogP contribution in [0.2, 0.25) is 0 Å². The molecule has 0 saturated heterocycles. The van der Waals surface area contributed by atoms with E-state index in [1.54, 1.807) is 12.1 Å². The van der Waals surface area contributed by atoms with E-state index in [-0.39, 0.29) is 23.3 Å². The number of hydrogen-bond acceptors (Lipinski definition) is 5. The van der Waals surface area contributed by atoms with Crippen molar-refractivity contribution in [3.63, 3.8) is 0 Å². The first kappa shape index (κ1) is 22.7. The van der Waals surface area contributed by atoms with Crippen molar-refractivity contribution >= 4 is 48.9 Å². The average Bonchev–Trinajstić information content (AvgIpc) is 3.21. The number of hydrogen-bond donors (Lipinski definition) is 2. The third-order valence-corrected chi connectivity index (χ3v) is 7.59. The molecule has 31 heavy (non-hydrogen) atoms. The summed E-state index contributed by atoms with van der Waals surface area (Å²) in [5.74, 6) is -0.533. The minimum Gasteiger partial charge on any atom is -0.353 e. The fraction of sp³-hybridized carbons (Fsp3) is 0.182. The van der Waals surface area contributed by atoms with Gasteiger partial charge in [0.1, 0.15) is 0 Å². The second-order valence-electron chi connectivity index (χ2n) is 6.80. The molecule has 7 nitrogen and oxygen atoms in total. The van der Waals surface area contributed by atoms with Crippen molar-refractivity contribution in [2.75, 3.05) is 25.5 Å². The highest BCUT2D eigenvalue weighted by Crippen LogP contribution is 2.26. The summed E-state index contributed by atoms with van der Waals surface area (Å²) in [6.07, 6.45) is 1.64. The minimum absolute atomic E-state index is 0.130. The van der Waals surface area contributed by atoms with Crippen LogP contribution in [0.3, 0.4) is 0 Å². The quantitative estimate of drug-likeness (QED) is 0.380. The number of anilines is 1. The molecule has 2 N–H and O–H groups in total. The van der Waals surface area contributed by atoms with Gasteiger partial charge in [-0.1, -0.05) is 24.8 Å². The van der Waals surface area contributed by atoms with E-state index in [1.807, 2.05) is 30.3 Å². The maximum Gasteiger partial charge on any atom is 0.265 e. The molecule has 0 aliphatic heterocycles. The first-order chi connectivity index (χ1) is 14.8. The van der Waals surface area contributed by atoms with Gasteiger partial charge < -0.3 is 10.6 Å². The molecule has 0 spiro atoms. The summed E-state index contributed by atoms with van der Waals surface area (Å²) < 4.78 is 27.7. The van der Waals surface area contributed by atoms with Crippen LogP contribution in [0.4, 0.5) is 5.69 Å². The summed E-state index contributed by atoms with van der Waals surface area (Å²) in [5, 5.41) is 6.41. The molecule has 1 heterocycles. The van der Waals surface area contributed by atoms with Crippen molar-refractivity contribution in [2.45, 2.75) is 11.3 Å². The Morgan fingerprint density at radius 1 is 1.13 bits per heavy atom. The number of sulfonamides is 1. The number of benzene rings is 2. The first-order valence-electron chi connectivity index (χ1n) is 9.58. The van der Waals surface area contributed by atoms with Crippen LogP contribution in [0.25, 0.3) is 10.1 Å². The zero-order valence-corrected chi connectivity index (χ0v) is 18.6. The standard InChI is InChI=1S/C22H23N3O4S2/c1-3-21(26)23-13-6-14-25(2)31(28,29)18-11-9-17(10-12-18)24-22(27)20-15-16-7-4-5-8-19(16)30-20/h3-5,7-12,15H,1,6,13-14H2,2H3,(H,23,26)(H,24,27). The van der Waals surface area contributed by atoms with E-state index in [1.165, 1.54) is 40.9 Å². The lowest BCUT2D eigenvalue weighted by Gasteiger charge is -2.17. The van der Waals surface area contributed by atoms with Gasteiger partial charge >= 0.3 is 0 Å². The predicted octanol–water partition coefficient (Wildman–Crippen LogP) is 3.47. The summed E-state index contributed by atoms with van der Waals surface area (Å²) in [7, 11) is -2.18. The second-order valence-corrected chi connectivity index (χ2v) is 9.93. The number of nitrogens with zero attached hydrogens (tertiary/aromatic N) is 1. The van der Waals surface area contributed by atoms with Crippen LogP contribution in [-0.2, 0) is 14.8 Å². The lowest BCUT2D eigenvalue weighted by molar-refractivity contribution is -0.116. The molecule has 0 radical (unpaired) electrons. The molecule has 0 saturated carbocycles. The minimum atomic E-state index is -3.67. The van der Waals surface area contributed by atoms with Crippen LogP contribution in [-0.4, -0.2) is 44.7 Å². The van der Waals surface area contributed by atoms with Gasteiger partial charge in [-0.2, -0.15) is 0 Å². The van der Waals surface area contributed by atoms with Gasteiger partial charge in [-0.3, -0.25) is 9.59 Å². The molecule has 2 aromatic carbocycles. The molecule has 3 aromatic rings. The predicted molar refractivity (Wildman–Crippen MR) is 124 cm³/mol. The van der Waals surface area contributed by atoms with Gasteiger partial charge in [0.15, 0.2) is 0 Å². The van der Waals surface area contributed by atoms with E-state index in [4.69, 9.17) is 0 Å².